The Kier molecular flexibility index (Phi) is 6.26. The van der Waals surface area contributed by atoms with E-state index in [1.807, 2.05) is 24.3 Å². The molecule has 0 bridgehead atoms. The third kappa shape index (κ3) is 4.61. The van der Waals surface area contributed by atoms with Crippen molar-refractivity contribution in [3.05, 3.63) is 51.9 Å². The lowest BCUT2D eigenvalue weighted by Gasteiger charge is -2.32. The fourth-order valence-corrected chi connectivity index (χ4v) is 4.46. The van der Waals surface area contributed by atoms with Gasteiger partial charge in [-0.3, -0.25) is 4.79 Å². The average Bonchev–Trinajstić information content (AvgIpc) is 3.08. The molecule has 0 spiro atoms. The van der Waals surface area contributed by atoms with Gasteiger partial charge in [0.05, 0.1) is 5.56 Å². The SMILES string of the molecule is CCC(CC)(CNC(=O)c1csc(S(N)(=O)=O)c1)c1ccc(Cl)cc1. The minimum Gasteiger partial charge on any atom is -0.351 e. The molecule has 0 atom stereocenters. The molecule has 0 aliphatic rings. The lowest BCUT2D eigenvalue weighted by atomic mass is 9.76. The molecule has 136 valence electrons. The summed E-state index contributed by atoms with van der Waals surface area (Å²) in [6.45, 7) is 4.60. The van der Waals surface area contributed by atoms with Crippen molar-refractivity contribution in [1.82, 2.24) is 5.32 Å². The van der Waals surface area contributed by atoms with Gasteiger partial charge in [-0.15, -0.1) is 11.3 Å². The van der Waals surface area contributed by atoms with Gasteiger partial charge in [0.2, 0.25) is 10.0 Å². The summed E-state index contributed by atoms with van der Waals surface area (Å²) in [7, 11) is -3.79. The Morgan fingerprint density at radius 1 is 1.24 bits per heavy atom. The standard InChI is InChI=1S/C17H21ClN2O3S2/c1-3-17(4-2,13-5-7-14(18)8-6-13)11-20-16(21)12-9-15(24-10-12)25(19,22)23/h5-10H,3-4,11H2,1-2H3,(H,20,21)(H2,19,22,23). The van der Waals surface area contributed by atoms with Crippen LogP contribution in [0.25, 0.3) is 0 Å². The van der Waals surface area contributed by atoms with E-state index in [4.69, 9.17) is 16.7 Å². The number of benzene rings is 1. The number of nitrogens with two attached hydrogens (primary N) is 1. The second kappa shape index (κ2) is 7.86. The number of primary sulfonamides is 1. The van der Waals surface area contributed by atoms with E-state index in [2.05, 4.69) is 19.2 Å². The Hall–Kier alpha value is -1.41. The predicted octanol–water partition coefficient (Wildman–Crippen LogP) is 3.54. The van der Waals surface area contributed by atoms with Crippen molar-refractivity contribution in [2.75, 3.05) is 6.54 Å². The topological polar surface area (TPSA) is 89.3 Å². The van der Waals surface area contributed by atoms with Crippen molar-refractivity contribution in [3.8, 4) is 0 Å². The summed E-state index contributed by atoms with van der Waals surface area (Å²) in [5, 5.41) is 10.2. The van der Waals surface area contributed by atoms with Crippen LogP contribution in [0.1, 0.15) is 42.6 Å². The molecule has 1 heterocycles. The Morgan fingerprint density at radius 2 is 1.84 bits per heavy atom. The zero-order valence-corrected chi connectivity index (χ0v) is 16.5. The van der Waals surface area contributed by atoms with Crippen LogP contribution < -0.4 is 10.5 Å². The molecular formula is C17H21ClN2O3S2. The second-order valence-corrected chi connectivity index (χ2v) is 9.01. The Morgan fingerprint density at radius 3 is 2.32 bits per heavy atom. The van der Waals surface area contributed by atoms with Crippen molar-refractivity contribution in [2.24, 2.45) is 5.14 Å². The molecule has 5 nitrogen and oxygen atoms in total. The van der Waals surface area contributed by atoms with E-state index >= 15 is 0 Å². The molecule has 0 saturated carbocycles. The summed E-state index contributed by atoms with van der Waals surface area (Å²) >= 11 is 6.91. The molecule has 1 amide bonds. The molecule has 8 heteroatoms. The monoisotopic (exact) mass is 400 g/mol. The molecule has 25 heavy (non-hydrogen) atoms. The first-order chi connectivity index (χ1) is 11.7. The zero-order valence-electron chi connectivity index (χ0n) is 14.1. The Balaban J connectivity index is 2.17. The van der Waals surface area contributed by atoms with E-state index in [1.54, 1.807) is 0 Å². The van der Waals surface area contributed by atoms with Crippen molar-refractivity contribution in [3.63, 3.8) is 0 Å². The average molecular weight is 401 g/mol. The highest BCUT2D eigenvalue weighted by atomic mass is 35.5. The molecule has 2 rings (SSSR count). The molecule has 0 fully saturated rings. The second-order valence-electron chi connectivity index (χ2n) is 5.88. The minimum atomic E-state index is -3.79. The van der Waals surface area contributed by atoms with E-state index in [9.17, 15) is 13.2 Å². The van der Waals surface area contributed by atoms with Crippen LogP contribution in [0.2, 0.25) is 5.02 Å². The number of hydrogen-bond donors (Lipinski definition) is 2. The third-order valence-electron chi connectivity index (χ3n) is 4.52. The predicted molar refractivity (Wildman–Crippen MR) is 102 cm³/mol. The molecule has 0 aliphatic carbocycles. The first-order valence-corrected chi connectivity index (χ1v) is 10.7. The molecule has 0 aliphatic heterocycles. The molecule has 3 N–H and O–H groups in total. The van der Waals surface area contributed by atoms with Gasteiger partial charge in [-0.1, -0.05) is 37.6 Å². The number of carbonyl (C=O) groups excluding carboxylic acids is 1. The smallest absolute Gasteiger partial charge is 0.252 e. The van der Waals surface area contributed by atoms with Crippen LogP contribution >= 0.6 is 22.9 Å². The molecule has 2 aromatic rings. The van der Waals surface area contributed by atoms with E-state index in [0.29, 0.717) is 17.1 Å². The molecular weight excluding hydrogens is 380 g/mol. The molecule has 0 saturated heterocycles. The highest BCUT2D eigenvalue weighted by Crippen LogP contribution is 2.32. The summed E-state index contributed by atoms with van der Waals surface area (Å²) in [5.74, 6) is -0.314. The fourth-order valence-electron chi connectivity index (χ4n) is 2.75. The van der Waals surface area contributed by atoms with Gasteiger partial charge < -0.3 is 5.32 Å². The lowest BCUT2D eigenvalue weighted by Crippen LogP contribution is -2.40. The summed E-state index contributed by atoms with van der Waals surface area (Å²) in [4.78, 5) is 12.4. The van der Waals surface area contributed by atoms with Crippen molar-refractivity contribution >= 4 is 38.9 Å². The number of hydrogen-bond acceptors (Lipinski definition) is 4. The van der Waals surface area contributed by atoms with Gasteiger partial charge in [-0.05, 0) is 36.6 Å². The van der Waals surface area contributed by atoms with Gasteiger partial charge in [0.15, 0.2) is 0 Å². The summed E-state index contributed by atoms with van der Waals surface area (Å²) in [6.07, 6.45) is 1.69. The van der Waals surface area contributed by atoms with Crippen molar-refractivity contribution in [1.29, 1.82) is 0 Å². The maximum absolute atomic E-state index is 12.4. The maximum Gasteiger partial charge on any atom is 0.252 e. The van der Waals surface area contributed by atoms with Crippen molar-refractivity contribution in [2.45, 2.75) is 36.3 Å². The van der Waals surface area contributed by atoms with Gasteiger partial charge >= 0.3 is 0 Å². The van der Waals surface area contributed by atoms with Crippen LogP contribution in [-0.2, 0) is 15.4 Å². The summed E-state index contributed by atoms with van der Waals surface area (Å²) in [6, 6.07) is 8.94. The molecule has 1 aromatic heterocycles. The lowest BCUT2D eigenvalue weighted by molar-refractivity contribution is 0.0942. The van der Waals surface area contributed by atoms with Crippen LogP contribution in [0.15, 0.2) is 39.9 Å². The van der Waals surface area contributed by atoms with Crippen LogP contribution in [-0.4, -0.2) is 20.9 Å². The maximum atomic E-state index is 12.4. The van der Waals surface area contributed by atoms with Gasteiger partial charge in [0.25, 0.3) is 5.91 Å². The third-order valence-corrected chi connectivity index (χ3v) is 7.15. The van der Waals surface area contributed by atoms with E-state index in [0.717, 1.165) is 29.7 Å². The van der Waals surface area contributed by atoms with Crippen LogP contribution in [0, 0.1) is 0 Å². The quantitative estimate of drug-likeness (QED) is 0.744. The van der Waals surface area contributed by atoms with Crippen LogP contribution in [0.4, 0.5) is 0 Å². The number of halogens is 1. The molecule has 0 radical (unpaired) electrons. The Bertz CT molecular complexity index is 841. The largest absolute Gasteiger partial charge is 0.351 e. The zero-order chi connectivity index (χ0) is 18.7. The van der Waals surface area contributed by atoms with Gasteiger partial charge in [-0.25, -0.2) is 13.6 Å². The summed E-state index contributed by atoms with van der Waals surface area (Å²) in [5.41, 5.74) is 1.20. The number of thiophene rings is 1. The first-order valence-electron chi connectivity index (χ1n) is 7.87. The van der Waals surface area contributed by atoms with Crippen molar-refractivity contribution < 1.29 is 13.2 Å². The Labute approximate surface area is 157 Å². The summed E-state index contributed by atoms with van der Waals surface area (Å²) < 4.78 is 22.7. The highest BCUT2D eigenvalue weighted by molar-refractivity contribution is 7.91. The minimum absolute atomic E-state index is 0.0207. The molecule has 1 aromatic carbocycles. The molecule has 0 unspecified atom stereocenters. The number of amides is 1. The van der Waals surface area contributed by atoms with E-state index < -0.39 is 10.0 Å². The van der Waals surface area contributed by atoms with E-state index in [-0.39, 0.29) is 15.5 Å². The van der Waals surface area contributed by atoms with Gasteiger partial charge in [0, 0.05) is 22.4 Å². The number of sulfonamides is 1. The first kappa shape index (κ1) is 19.9. The van der Waals surface area contributed by atoms with Gasteiger partial charge in [0.1, 0.15) is 4.21 Å². The number of nitrogens with one attached hydrogen (secondary N) is 1. The van der Waals surface area contributed by atoms with Gasteiger partial charge in [-0.2, -0.15) is 0 Å². The fraction of sp³-hybridized carbons (Fsp3) is 0.353. The highest BCUT2D eigenvalue weighted by Gasteiger charge is 2.29. The number of carbonyl (C=O) groups is 1. The normalized spacial score (nSPS) is 12.2. The van der Waals surface area contributed by atoms with E-state index in [1.165, 1.54) is 11.4 Å². The van der Waals surface area contributed by atoms with Crippen LogP contribution in [0.3, 0.4) is 0 Å². The van der Waals surface area contributed by atoms with Crippen LogP contribution in [0.5, 0.6) is 0 Å². The number of rotatable bonds is 7.